The number of methoxy groups -OCH3 is 1. The molecule has 3 aromatic rings. The van der Waals surface area contributed by atoms with Crippen LogP contribution in [-0.2, 0) is 16.2 Å². The van der Waals surface area contributed by atoms with Gasteiger partial charge in [-0.1, -0.05) is 48.0 Å². The van der Waals surface area contributed by atoms with Crippen molar-refractivity contribution in [3.8, 4) is 11.5 Å². The Kier molecular flexibility index (Phi) is 7.74. The lowest BCUT2D eigenvalue weighted by Gasteiger charge is -2.13. The van der Waals surface area contributed by atoms with E-state index >= 15 is 0 Å². The first kappa shape index (κ1) is 24.4. The van der Waals surface area contributed by atoms with E-state index in [9.17, 15) is 14.4 Å². The highest BCUT2D eigenvalue weighted by Gasteiger charge is 2.36. The van der Waals surface area contributed by atoms with E-state index in [4.69, 9.17) is 21.1 Å². The quantitative estimate of drug-likeness (QED) is 0.398. The number of anilines is 1. The van der Waals surface area contributed by atoms with Crippen LogP contribution in [0.3, 0.4) is 0 Å². The van der Waals surface area contributed by atoms with Gasteiger partial charge in [0.25, 0.3) is 11.1 Å². The molecule has 3 amide bonds. The minimum atomic E-state index is -0.536. The minimum absolute atomic E-state index is 0.209. The second-order valence-electron chi connectivity index (χ2n) is 7.46. The molecule has 1 aliphatic heterocycles. The van der Waals surface area contributed by atoms with Crippen LogP contribution in [0, 0.1) is 0 Å². The van der Waals surface area contributed by atoms with Gasteiger partial charge in [-0.15, -0.1) is 0 Å². The first-order chi connectivity index (χ1) is 16.9. The molecule has 1 heterocycles. The average Bonchev–Trinajstić information content (AvgIpc) is 3.12. The lowest BCUT2D eigenvalue weighted by Crippen LogP contribution is -2.36. The van der Waals surface area contributed by atoms with Crippen LogP contribution < -0.4 is 14.8 Å². The number of halogens is 1. The van der Waals surface area contributed by atoms with Crippen LogP contribution in [0.15, 0.2) is 77.7 Å². The van der Waals surface area contributed by atoms with Crippen LogP contribution >= 0.6 is 23.4 Å². The van der Waals surface area contributed by atoms with Crippen molar-refractivity contribution in [2.75, 3.05) is 19.0 Å². The second-order valence-corrected chi connectivity index (χ2v) is 8.86. The summed E-state index contributed by atoms with van der Waals surface area (Å²) in [5, 5.41) is 2.75. The largest absolute Gasteiger partial charge is 0.497 e. The third-order valence-corrected chi connectivity index (χ3v) is 6.37. The molecular weight excluding hydrogens is 488 g/mol. The summed E-state index contributed by atoms with van der Waals surface area (Å²) in [6.45, 7) is -0.143. The molecule has 4 rings (SSSR count). The highest BCUT2D eigenvalue weighted by atomic mass is 35.5. The van der Waals surface area contributed by atoms with Crippen molar-refractivity contribution >= 4 is 52.2 Å². The number of ether oxygens (including phenoxy) is 2. The van der Waals surface area contributed by atoms with Gasteiger partial charge in [0.05, 0.1) is 12.0 Å². The van der Waals surface area contributed by atoms with Gasteiger partial charge in [0.15, 0.2) is 0 Å². The van der Waals surface area contributed by atoms with Crippen molar-refractivity contribution in [3.63, 3.8) is 0 Å². The van der Waals surface area contributed by atoms with E-state index in [0.29, 0.717) is 27.8 Å². The van der Waals surface area contributed by atoms with Crippen LogP contribution in [0.2, 0.25) is 5.02 Å². The third kappa shape index (κ3) is 6.03. The normalized spacial score (nSPS) is 14.3. The first-order valence-electron chi connectivity index (χ1n) is 10.6. The summed E-state index contributed by atoms with van der Waals surface area (Å²) in [4.78, 5) is 38.9. The van der Waals surface area contributed by atoms with Gasteiger partial charge in [-0.2, -0.15) is 0 Å². The van der Waals surface area contributed by atoms with Crippen LogP contribution in [0.1, 0.15) is 11.1 Å². The number of carbonyl (C=O) groups is 3. The number of benzene rings is 3. The van der Waals surface area contributed by atoms with Crippen LogP contribution in [0.25, 0.3) is 6.08 Å². The van der Waals surface area contributed by atoms with Crippen molar-refractivity contribution in [2.45, 2.75) is 6.61 Å². The molecule has 0 aliphatic carbocycles. The summed E-state index contributed by atoms with van der Waals surface area (Å²) in [5.74, 6) is 0.166. The summed E-state index contributed by atoms with van der Waals surface area (Å²) in [7, 11) is 1.55. The molecule has 9 heteroatoms. The maximum Gasteiger partial charge on any atom is 0.294 e. The van der Waals surface area contributed by atoms with Gasteiger partial charge < -0.3 is 14.8 Å². The highest BCUT2D eigenvalue weighted by molar-refractivity contribution is 8.18. The summed E-state index contributed by atoms with van der Waals surface area (Å²) in [6.07, 6.45) is 1.59. The van der Waals surface area contributed by atoms with Gasteiger partial charge in [-0.25, -0.2) is 0 Å². The molecule has 3 aromatic carbocycles. The molecule has 0 saturated carbocycles. The van der Waals surface area contributed by atoms with Gasteiger partial charge in [0.1, 0.15) is 24.7 Å². The van der Waals surface area contributed by atoms with E-state index in [1.54, 1.807) is 61.7 Å². The molecule has 0 atom stereocenters. The molecule has 0 unspecified atom stereocenters. The molecule has 0 bridgehead atoms. The zero-order chi connectivity index (χ0) is 24.8. The molecule has 35 heavy (non-hydrogen) atoms. The van der Waals surface area contributed by atoms with E-state index < -0.39 is 23.6 Å². The molecule has 1 fully saturated rings. The summed E-state index contributed by atoms with van der Waals surface area (Å²) in [6, 6.07) is 21.3. The van der Waals surface area contributed by atoms with E-state index in [1.807, 2.05) is 24.3 Å². The number of para-hydroxylation sites is 1. The maximum absolute atomic E-state index is 12.9. The number of hydrogen-bond acceptors (Lipinski definition) is 6. The van der Waals surface area contributed by atoms with E-state index in [-0.39, 0.29) is 11.5 Å². The average molecular weight is 509 g/mol. The van der Waals surface area contributed by atoms with Crippen LogP contribution in [0.4, 0.5) is 10.5 Å². The molecule has 1 saturated heterocycles. The Balaban J connectivity index is 1.44. The molecular formula is C26H21ClN2O5S. The summed E-state index contributed by atoms with van der Waals surface area (Å²) < 4.78 is 11.0. The number of imide groups is 1. The van der Waals surface area contributed by atoms with Gasteiger partial charge >= 0.3 is 0 Å². The number of carbonyl (C=O) groups excluding carboxylic acids is 3. The van der Waals surface area contributed by atoms with Gasteiger partial charge in [0, 0.05) is 21.8 Å². The van der Waals surface area contributed by atoms with Gasteiger partial charge in [-0.3, -0.25) is 19.3 Å². The molecule has 178 valence electrons. The standard InChI is InChI=1S/C26H21ClN2O5S/c1-33-20-12-10-19(11-13-20)28-24(30)15-29-25(31)23(35-26(29)32)14-17-6-3-5-9-22(17)34-16-18-7-2-4-8-21(18)27/h2-14H,15-16H2,1H3,(H,28,30)/b23-14+. The van der Waals surface area contributed by atoms with Crippen LogP contribution in [0.5, 0.6) is 11.5 Å². The molecule has 0 aromatic heterocycles. The lowest BCUT2D eigenvalue weighted by molar-refractivity contribution is -0.127. The fourth-order valence-corrected chi connectivity index (χ4v) is 4.32. The Morgan fingerprint density at radius 3 is 2.49 bits per heavy atom. The number of hydrogen-bond donors (Lipinski definition) is 1. The summed E-state index contributed by atoms with van der Waals surface area (Å²) in [5.41, 5.74) is 1.99. The van der Waals surface area contributed by atoms with E-state index in [0.717, 1.165) is 22.2 Å². The van der Waals surface area contributed by atoms with Crippen molar-refractivity contribution in [1.82, 2.24) is 4.90 Å². The number of amides is 3. The van der Waals surface area contributed by atoms with Crippen molar-refractivity contribution in [3.05, 3.63) is 93.9 Å². The third-order valence-electron chi connectivity index (χ3n) is 5.10. The van der Waals surface area contributed by atoms with Crippen molar-refractivity contribution in [2.24, 2.45) is 0 Å². The number of rotatable bonds is 8. The fraction of sp³-hybridized carbons (Fsp3) is 0.115. The molecule has 7 nitrogen and oxygen atoms in total. The predicted molar refractivity (Wildman–Crippen MR) is 137 cm³/mol. The number of nitrogens with one attached hydrogen (secondary N) is 1. The van der Waals surface area contributed by atoms with E-state index in [1.165, 1.54) is 0 Å². The number of nitrogens with zero attached hydrogens (tertiary/aromatic N) is 1. The monoisotopic (exact) mass is 508 g/mol. The highest BCUT2D eigenvalue weighted by Crippen LogP contribution is 2.34. The Hall–Kier alpha value is -3.75. The molecule has 1 N–H and O–H groups in total. The molecule has 1 aliphatic rings. The minimum Gasteiger partial charge on any atom is -0.497 e. The molecule has 0 spiro atoms. The Bertz CT molecular complexity index is 1290. The van der Waals surface area contributed by atoms with Crippen molar-refractivity contribution < 1.29 is 23.9 Å². The number of thioether (sulfide) groups is 1. The Morgan fingerprint density at radius 2 is 1.74 bits per heavy atom. The topological polar surface area (TPSA) is 84.9 Å². The maximum atomic E-state index is 12.9. The SMILES string of the molecule is COc1ccc(NC(=O)CN2C(=O)S/C(=C/c3ccccc3OCc3ccccc3Cl)C2=O)cc1. The van der Waals surface area contributed by atoms with Crippen molar-refractivity contribution in [1.29, 1.82) is 0 Å². The Labute approximate surface area is 211 Å². The van der Waals surface area contributed by atoms with Crippen LogP contribution in [-0.4, -0.2) is 35.6 Å². The van der Waals surface area contributed by atoms with Gasteiger partial charge in [-0.05, 0) is 54.2 Å². The van der Waals surface area contributed by atoms with Gasteiger partial charge in [0.2, 0.25) is 5.91 Å². The smallest absolute Gasteiger partial charge is 0.294 e. The fourth-order valence-electron chi connectivity index (χ4n) is 3.30. The molecule has 0 radical (unpaired) electrons. The first-order valence-corrected chi connectivity index (χ1v) is 11.8. The van der Waals surface area contributed by atoms with E-state index in [2.05, 4.69) is 5.32 Å². The summed E-state index contributed by atoms with van der Waals surface area (Å²) >= 11 is 6.98. The second kappa shape index (κ2) is 11.1. The zero-order valence-corrected chi connectivity index (χ0v) is 20.3. The lowest BCUT2D eigenvalue weighted by atomic mass is 10.1. The zero-order valence-electron chi connectivity index (χ0n) is 18.7. The predicted octanol–water partition coefficient (Wildman–Crippen LogP) is 5.60. The Morgan fingerprint density at radius 1 is 1.03 bits per heavy atom.